The molecule has 0 saturated carbocycles. The van der Waals surface area contributed by atoms with Crippen LogP contribution in [0.4, 0.5) is 0 Å². The number of benzene rings is 3. The average molecular weight is 736 g/mol. The van der Waals surface area contributed by atoms with Crippen molar-refractivity contribution in [3.63, 3.8) is 0 Å². The highest BCUT2D eigenvalue weighted by Gasteiger charge is 2.33. The van der Waals surface area contributed by atoms with E-state index in [1.54, 1.807) is 61.7 Å². The minimum atomic E-state index is -0.735. The van der Waals surface area contributed by atoms with Crippen molar-refractivity contribution >= 4 is 45.3 Å². The summed E-state index contributed by atoms with van der Waals surface area (Å²) in [4.78, 5) is 44.3. The molecule has 0 saturated heterocycles. The van der Waals surface area contributed by atoms with Crippen molar-refractivity contribution in [1.82, 2.24) is 4.57 Å². The zero-order valence-corrected chi connectivity index (χ0v) is 29.6. The normalized spacial score (nSPS) is 14.2. The Kier molecular flexibility index (Phi) is 11.2. The molecule has 4 aromatic rings. The van der Waals surface area contributed by atoms with E-state index < -0.39 is 12.0 Å². The molecule has 12 heteroatoms. The van der Waals surface area contributed by atoms with Crippen molar-refractivity contribution < 1.29 is 33.3 Å². The topological polar surface area (TPSA) is 115 Å². The van der Waals surface area contributed by atoms with E-state index in [9.17, 15) is 14.4 Å². The van der Waals surface area contributed by atoms with Crippen molar-refractivity contribution in [3.8, 4) is 17.2 Å². The number of esters is 2. The molecule has 0 fully saturated rings. The van der Waals surface area contributed by atoms with Gasteiger partial charge in [0.1, 0.15) is 12.4 Å². The summed E-state index contributed by atoms with van der Waals surface area (Å²) in [5, 5.41) is 0. The van der Waals surface area contributed by atoms with Crippen LogP contribution in [0.25, 0.3) is 6.08 Å². The molecule has 0 N–H and O–H groups in total. The first-order valence-electron chi connectivity index (χ1n) is 15.4. The summed E-state index contributed by atoms with van der Waals surface area (Å²) in [6.07, 6.45) is 1.76. The maximum atomic E-state index is 14.1. The lowest BCUT2D eigenvalue weighted by molar-refractivity contribution is -0.139. The van der Waals surface area contributed by atoms with E-state index in [4.69, 9.17) is 23.7 Å². The first-order valence-corrected chi connectivity index (χ1v) is 17.0. The van der Waals surface area contributed by atoms with E-state index in [1.165, 1.54) is 18.4 Å². The molecular formula is C36H35BrN2O8S. The number of fused-ring (bicyclic) bond motifs is 1. The molecule has 2 heterocycles. The maximum Gasteiger partial charge on any atom is 0.338 e. The number of rotatable bonds is 12. The van der Waals surface area contributed by atoms with E-state index in [-0.39, 0.29) is 24.7 Å². The number of allylic oxidation sites excluding steroid dienone is 1. The van der Waals surface area contributed by atoms with E-state index in [1.807, 2.05) is 37.3 Å². The van der Waals surface area contributed by atoms with E-state index in [0.29, 0.717) is 66.7 Å². The third-order valence-corrected chi connectivity index (χ3v) is 8.99. The number of carbonyl (C=O) groups excluding carboxylic acids is 2. The Labute approximate surface area is 290 Å². The van der Waals surface area contributed by atoms with Crippen LogP contribution in [0.3, 0.4) is 0 Å². The lowest BCUT2D eigenvalue weighted by Gasteiger charge is -2.24. The zero-order valence-electron chi connectivity index (χ0n) is 27.2. The highest BCUT2D eigenvalue weighted by molar-refractivity contribution is 9.10. The number of methoxy groups -OCH3 is 1. The first kappa shape index (κ1) is 34.6. The van der Waals surface area contributed by atoms with Gasteiger partial charge in [0.2, 0.25) is 0 Å². The van der Waals surface area contributed by atoms with Gasteiger partial charge < -0.3 is 23.7 Å². The van der Waals surface area contributed by atoms with Crippen LogP contribution in [0.1, 0.15) is 60.8 Å². The monoisotopic (exact) mass is 734 g/mol. The summed E-state index contributed by atoms with van der Waals surface area (Å²) in [6, 6.07) is 17.2. The zero-order chi connectivity index (χ0) is 34.4. The van der Waals surface area contributed by atoms with Gasteiger partial charge in [0.05, 0.1) is 58.8 Å². The third-order valence-electron chi connectivity index (χ3n) is 7.42. The number of nitrogens with zero attached hydrogens (tertiary/aromatic N) is 2. The van der Waals surface area contributed by atoms with Gasteiger partial charge in [0, 0.05) is 0 Å². The Balaban J connectivity index is 1.49. The largest absolute Gasteiger partial charge is 0.494 e. The van der Waals surface area contributed by atoms with Gasteiger partial charge in [-0.05, 0) is 103 Å². The number of halogens is 1. The molecule has 0 aliphatic carbocycles. The molecule has 48 heavy (non-hydrogen) atoms. The third kappa shape index (κ3) is 7.39. The van der Waals surface area contributed by atoms with E-state index >= 15 is 0 Å². The predicted molar refractivity (Wildman–Crippen MR) is 185 cm³/mol. The van der Waals surface area contributed by atoms with Crippen molar-refractivity contribution in [2.45, 2.75) is 40.3 Å². The number of hydrogen-bond acceptors (Lipinski definition) is 10. The summed E-state index contributed by atoms with van der Waals surface area (Å²) in [5.41, 5.74) is 3.23. The summed E-state index contributed by atoms with van der Waals surface area (Å²) in [7, 11) is 1.54. The van der Waals surface area contributed by atoms with Gasteiger partial charge >= 0.3 is 11.9 Å². The quantitative estimate of drug-likeness (QED) is 0.170. The molecule has 0 bridgehead atoms. The molecule has 1 atom stereocenters. The van der Waals surface area contributed by atoms with Gasteiger partial charge in [-0.15, -0.1) is 0 Å². The fraction of sp³-hybridized carbons (Fsp3) is 0.278. The molecule has 10 nitrogen and oxygen atoms in total. The van der Waals surface area contributed by atoms with Gasteiger partial charge in [-0.3, -0.25) is 9.36 Å². The highest BCUT2D eigenvalue weighted by atomic mass is 79.9. The van der Waals surface area contributed by atoms with Gasteiger partial charge in [0.15, 0.2) is 16.3 Å². The molecule has 1 aliphatic heterocycles. The Morgan fingerprint density at radius 3 is 2.27 bits per heavy atom. The minimum Gasteiger partial charge on any atom is -0.494 e. The van der Waals surface area contributed by atoms with Gasteiger partial charge in [-0.1, -0.05) is 35.6 Å². The van der Waals surface area contributed by atoms with Crippen molar-refractivity contribution in [3.05, 3.63) is 118 Å². The highest BCUT2D eigenvalue weighted by Crippen LogP contribution is 2.37. The minimum absolute atomic E-state index is 0.189. The molecule has 1 aromatic heterocycles. The van der Waals surface area contributed by atoms with Crippen LogP contribution in [-0.4, -0.2) is 43.4 Å². The van der Waals surface area contributed by atoms with E-state index in [2.05, 4.69) is 20.9 Å². The Bertz CT molecular complexity index is 2030. The molecule has 0 amide bonds. The van der Waals surface area contributed by atoms with Crippen molar-refractivity contribution in [2.75, 3.05) is 26.9 Å². The second-order valence-electron chi connectivity index (χ2n) is 10.5. The Morgan fingerprint density at radius 1 is 0.938 bits per heavy atom. The molecule has 5 rings (SSSR count). The molecule has 0 radical (unpaired) electrons. The van der Waals surface area contributed by atoms with Crippen LogP contribution < -0.4 is 29.1 Å². The van der Waals surface area contributed by atoms with Gasteiger partial charge in [0.25, 0.3) is 5.56 Å². The summed E-state index contributed by atoms with van der Waals surface area (Å²) in [6.45, 7) is 8.39. The standard InChI is InChI=1S/C36H35BrN2O8S/c1-6-44-26-15-13-24(14-16-26)31-30(35(42)46-8-3)21(4)38-36-39(31)33(40)29(48-36)19-23-17-27(37)32(28(18-23)43-5)47-20-22-9-11-25(12-10-22)34(41)45-7-2/h9-19,31H,6-8,20H2,1-5H3/b29-19-/t31-/m1/s1. The van der Waals surface area contributed by atoms with Crippen LogP contribution in [0.2, 0.25) is 0 Å². The van der Waals surface area contributed by atoms with Crippen LogP contribution in [0.5, 0.6) is 17.2 Å². The number of thiazole rings is 1. The van der Waals surface area contributed by atoms with Crippen LogP contribution >= 0.6 is 27.3 Å². The lowest BCUT2D eigenvalue weighted by atomic mass is 9.96. The smallest absolute Gasteiger partial charge is 0.338 e. The maximum absolute atomic E-state index is 14.1. The molecule has 0 unspecified atom stereocenters. The van der Waals surface area contributed by atoms with Crippen LogP contribution in [0.15, 0.2) is 86.2 Å². The summed E-state index contributed by atoms with van der Waals surface area (Å²) < 4.78 is 30.4. The molecule has 1 aliphatic rings. The average Bonchev–Trinajstić information content (AvgIpc) is 3.37. The van der Waals surface area contributed by atoms with E-state index in [0.717, 1.165) is 11.1 Å². The van der Waals surface area contributed by atoms with Crippen molar-refractivity contribution in [1.29, 1.82) is 0 Å². The number of hydrogen-bond donors (Lipinski definition) is 0. The Morgan fingerprint density at radius 2 is 1.62 bits per heavy atom. The number of aromatic nitrogens is 1. The molecule has 250 valence electrons. The second kappa shape index (κ2) is 15.5. The number of ether oxygens (including phenoxy) is 5. The van der Waals surface area contributed by atoms with Crippen molar-refractivity contribution in [2.24, 2.45) is 4.99 Å². The summed E-state index contributed by atoms with van der Waals surface area (Å²) >= 11 is 4.83. The molecular weight excluding hydrogens is 700 g/mol. The fourth-order valence-electron chi connectivity index (χ4n) is 5.24. The molecule has 3 aromatic carbocycles. The van der Waals surface area contributed by atoms with Gasteiger partial charge in [-0.25, -0.2) is 14.6 Å². The summed E-state index contributed by atoms with van der Waals surface area (Å²) in [5.74, 6) is 0.727. The van der Waals surface area contributed by atoms with Crippen LogP contribution in [0, 0.1) is 0 Å². The first-order chi connectivity index (χ1) is 23.2. The Hall–Kier alpha value is -4.68. The fourth-order valence-corrected chi connectivity index (χ4v) is 6.86. The second-order valence-corrected chi connectivity index (χ2v) is 12.4. The number of carbonyl (C=O) groups is 2. The van der Waals surface area contributed by atoms with Crippen LogP contribution in [-0.2, 0) is 20.9 Å². The molecule has 0 spiro atoms. The predicted octanol–water partition coefficient (Wildman–Crippen LogP) is 5.72. The SMILES string of the molecule is CCOC(=O)C1=C(C)N=c2s/c(=C\c3cc(Br)c(OCc4ccc(C(=O)OCC)cc4)c(OC)c3)c(=O)n2[C@@H]1c1ccc(OCC)cc1. The van der Waals surface area contributed by atoms with Gasteiger partial charge in [-0.2, -0.15) is 0 Å². The lowest BCUT2D eigenvalue weighted by Crippen LogP contribution is -2.39.